The summed E-state index contributed by atoms with van der Waals surface area (Å²) in [5.74, 6) is -1.57. The highest BCUT2D eigenvalue weighted by atomic mass is 32.2. The normalized spacial score (nSPS) is 23.5. The predicted octanol–water partition coefficient (Wildman–Crippen LogP) is -2.28. The van der Waals surface area contributed by atoms with Crippen molar-refractivity contribution in [3.63, 3.8) is 0 Å². The van der Waals surface area contributed by atoms with Gasteiger partial charge in [0, 0.05) is 13.0 Å². The van der Waals surface area contributed by atoms with E-state index in [4.69, 9.17) is 9.69 Å². The number of nitrogens with two attached hydrogens (primary N) is 1. The van der Waals surface area contributed by atoms with Crippen LogP contribution < -0.4 is 5.14 Å². The van der Waals surface area contributed by atoms with E-state index >= 15 is 0 Å². The summed E-state index contributed by atoms with van der Waals surface area (Å²) in [7, 11) is -8.20. The quantitative estimate of drug-likeness (QED) is 0.547. The zero-order chi connectivity index (χ0) is 11.9. The Kier molecular flexibility index (Phi) is 3.05. The van der Waals surface area contributed by atoms with Crippen LogP contribution in [0.15, 0.2) is 0 Å². The molecule has 0 aliphatic carbocycles. The number of rotatable bonds is 3. The van der Waals surface area contributed by atoms with Gasteiger partial charge >= 0.3 is 0 Å². The van der Waals surface area contributed by atoms with Gasteiger partial charge in [0.1, 0.15) is 11.1 Å². The van der Waals surface area contributed by atoms with Crippen LogP contribution in [0.3, 0.4) is 0 Å². The van der Waals surface area contributed by atoms with E-state index in [1.165, 1.54) is 0 Å². The summed E-state index contributed by atoms with van der Waals surface area (Å²) < 4.78 is 51.2. The Morgan fingerprint density at radius 3 is 2.27 bits per heavy atom. The number of hydrogen-bond donors (Lipinski definition) is 2. The third-order valence-corrected chi connectivity index (χ3v) is 3.85. The minimum atomic E-state index is -4.34. The van der Waals surface area contributed by atoms with Crippen LogP contribution in [0, 0.1) is 0 Å². The molecule has 0 bridgehead atoms. The van der Waals surface area contributed by atoms with E-state index in [2.05, 4.69) is 0 Å². The average Bonchev–Trinajstić information content (AvgIpc) is 2.27. The summed E-state index contributed by atoms with van der Waals surface area (Å²) in [5, 5.41) is 3.71. The van der Waals surface area contributed by atoms with Crippen LogP contribution >= 0.6 is 0 Å². The Balaban J connectivity index is 2.79. The number of carbonyl (C=O) groups excluding carboxylic acids is 1. The molecule has 0 radical (unpaired) electrons. The first-order valence-electron chi connectivity index (χ1n) is 3.84. The molecular weight excluding hydrogens is 248 g/mol. The third-order valence-electron chi connectivity index (χ3n) is 1.96. The third kappa shape index (κ3) is 3.41. The highest BCUT2D eigenvalue weighted by molar-refractivity contribution is 7.89. The molecular formula is C5H10N2O6S2. The molecule has 0 aromatic rings. The lowest BCUT2D eigenvalue weighted by Gasteiger charge is -2.13. The largest absolute Gasteiger partial charge is 0.325 e. The van der Waals surface area contributed by atoms with E-state index in [0.29, 0.717) is 0 Å². The molecule has 0 aromatic heterocycles. The minimum absolute atomic E-state index is 0.308. The van der Waals surface area contributed by atoms with E-state index < -0.39 is 37.2 Å². The van der Waals surface area contributed by atoms with Gasteiger partial charge in [0.15, 0.2) is 0 Å². The zero-order valence-electron chi connectivity index (χ0n) is 7.53. The van der Waals surface area contributed by atoms with Crippen molar-refractivity contribution < 1.29 is 26.2 Å². The van der Waals surface area contributed by atoms with Crippen molar-refractivity contribution in [3.8, 4) is 0 Å². The molecule has 1 aliphatic heterocycles. The Morgan fingerprint density at radius 1 is 1.40 bits per heavy atom. The Morgan fingerprint density at radius 2 is 1.93 bits per heavy atom. The maximum Gasteiger partial charge on any atom is 0.283 e. The molecule has 8 nitrogen and oxygen atoms in total. The zero-order valence-corrected chi connectivity index (χ0v) is 9.16. The second-order valence-electron chi connectivity index (χ2n) is 3.24. The van der Waals surface area contributed by atoms with Crippen LogP contribution in [0.25, 0.3) is 0 Å². The molecule has 0 saturated carbocycles. The van der Waals surface area contributed by atoms with Crippen LogP contribution in [0.2, 0.25) is 0 Å². The maximum absolute atomic E-state index is 11.1. The van der Waals surface area contributed by atoms with E-state index in [1.54, 1.807) is 0 Å². The summed E-state index contributed by atoms with van der Waals surface area (Å²) in [4.78, 5) is 11.9. The monoisotopic (exact) mass is 258 g/mol. The molecule has 3 N–H and O–H groups in total. The van der Waals surface area contributed by atoms with Crippen LogP contribution in [0.1, 0.15) is 6.42 Å². The number of carbonyl (C=O) groups is 1. The van der Waals surface area contributed by atoms with Crippen LogP contribution in [0.4, 0.5) is 0 Å². The number of sulfonamides is 1. The van der Waals surface area contributed by atoms with Gasteiger partial charge in [-0.2, -0.15) is 8.42 Å². The number of hydrogen-bond acceptors (Lipinski definition) is 5. The average molecular weight is 258 g/mol. The highest BCUT2D eigenvalue weighted by Crippen LogP contribution is 2.16. The van der Waals surface area contributed by atoms with Gasteiger partial charge in [-0.1, -0.05) is 0 Å². The Labute approximate surface area is 86.8 Å². The van der Waals surface area contributed by atoms with Crippen LogP contribution in [0.5, 0.6) is 0 Å². The van der Waals surface area contributed by atoms with Crippen LogP contribution in [-0.2, 0) is 24.9 Å². The number of nitrogens with zero attached hydrogens (tertiary/aromatic N) is 1. The second-order valence-corrected chi connectivity index (χ2v) is 6.51. The van der Waals surface area contributed by atoms with Gasteiger partial charge in [-0.15, -0.1) is 0 Å². The van der Waals surface area contributed by atoms with Crippen molar-refractivity contribution in [1.82, 2.24) is 4.90 Å². The summed E-state index contributed by atoms with van der Waals surface area (Å²) >= 11 is 0. The molecule has 88 valence electrons. The number of likely N-dealkylation sites (tertiary alicyclic amines) is 1. The number of primary sulfonamides is 1. The second kappa shape index (κ2) is 3.70. The first-order valence-corrected chi connectivity index (χ1v) is 7.06. The van der Waals surface area contributed by atoms with Crippen molar-refractivity contribution in [1.29, 1.82) is 0 Å². The molecule has 1 rings (SSSR count). The molecule has 1 saturated heterocycles. The minimum Gasteiger partial charge on any atom is -0.325 e. The molecule has 1 unspecified atom stereocenters. The van der Waals surface area contributed by atoms with Gasteiger partial charge in [-0.05, 0) is 0 Å². The van der Waals surface area contributed by atoms with Gasteiger partial charge in [0.2, 0.25) is 15.9 Å². The predicted molar refractivity (Wildman–Crippen MR) is 49.6 cm³/mol. The van der Waals surface area contributed by atoms with Gasteiger partial charge in [-0.3, -0.25) is 9.35 Å². The standard InChI is InChI=1S/C5H10N2O6S2/c6-15(12,13)4-1-5(8)7(2-4)3-14(9,10)11/h4H,1-3H2,(H2,6,12,13)(H,9,10,11). The molecule has 10 heteroatoms. The topological polar surface area (TPSA) is 135 Å². The molecule has 1 atom stereocenters. The van der Waals surface area contributed by atoms with Gasteiger partial charge < -0.3 is 4.90 Å². The van der Waals surface area contributed by atoms with Crippen molar-refractivity contribution in [2.75, 3.05) is 12.4 Å². The molecule has 1 fully saturated rings. The fraction of sp³-hybridized carbons (Fsp3) is 0.800. The fourth-order valence-electron chi connectivity index (χ4n) is 1.28. The molecule has 0 spiro atoms. The summed E-state index contributed by atoms with van der Waals surface area (Å²) in [5.41, 5.74) is 0. The van der Waals surface area contributed by atoms with E-state index in [1.807, 2.05) is 0 Å². The summed E-state index contributed by atoms with van der Waals surface area (Å²) in [6, 6.07) is 0. The lowest BCUT2D eigenvalue weighted by atomic mass is 10.4. The summed E-state index contributed by atoms with van der Waals surface area (Å²) in [6.07, 6.45) is -0.353. The molecule has 0 aromatic carbocycles. The van der Waals surface area contributed by atoms with Crippen LogP contribution in [-0.4, -0.2) is 49.9 Å². The first kappa shape index (κ1) is 12.4. The smallest absolute Gasteiger partial charge is 0.283 e. The van der Waals surface area contributed by atoms with E-state index in [0.717, 1.165) is 4.90 Å². The fourth-order valence-corrected chi connectivity index (χ4v) is 2.68. The van der Waals surface area contributed by atoms with Gasteiger partial charge in [0.25, 0.3) is 10.1 Å². The molecule has 1 aliphatic rings. The van der Waals surface area contributed by atoms with Crippen molar-refractivity contribution in [3.05, 3.63) is 0 Å². The Bertz CT molecular complexity index is 466. The lowest BCUT2D eigenvalue weighted by molar-refractivity contribution is -0.127. The molecule has 1 amide bonds. The first-order chi connectivity index (χ1) is 6.59. The van der Waals surface area contributed by atoms with E-state index in [9.17, 15) is 21.6 Å². The molecule has 15 heavy (non-hydrogen) atoms. The Hall–Kier alpha value is -0.710. The van der Waals surface area contributed by atoms with Crippen molar-refractivity contribution in [2.45, 2.75) is 11.7 Å². The van der Waals surface area contributed by atoms with E-state index in [-0.39, 0.29) is 13.0 Å². The number of amides is 1. The molecule has 1 heterocycles. The summed E-state index contributed by atoms with van der Waals surface area (Å²) in [6.45, 7) is -0.308. The maximum atomic E-state index is 11.1. The lowest BCUT2D eigenvalue weighted by Crippen LogP contribution is -2.34. The van der Waals surface area contributed by atoms with Gasteiger partial charge in [0.05, 0.1) is 0 Å². The SMILES string of the molecule is NS(=O)(=O)C1CC(=O)N(CS(=O)(=O)O)C1. The van der Waals surface area contributed by atoms with Crippen molar-refractivity contribution >= 4 is 26.0 Å². The van der Waals surface area contributed by atoms with Crippen molar-refractivity contribution in [2.24, 2.45) is 5.14 Å². The highest BCUT2D eigenvalue weighted by Gasteiger charge is 2.37. The van der Waals surface area contributed by atoms with Gasteiger partial charge in [-0.25, -0.2) is 13.6 Å².